The average Bonchev–Trinajstić information content (AvgIpc) is 3.02. The summed E-state index contributed by atoms with van der Waals surface area (Å²) in [5.41, 5.74) is 4.54. The lowest BCUT2D eigenvalue weighted by atomic mass is 9.98. The lowest BCUT2D eigenvalue weighted by molar-refractivity contribution is -0.136. The van der Waals surface area contributed by atoms with Crippen LogP contribution in [0.1, 0.15) is 23.1 Å². The first-order chi connectivity index (χ1) is 12.1. The van der Waals surface area contributed by atoms with Gasteiger partial charge in [-0.1, -0.05) is 42.5 Å². The van der Waals surface area contributed by atoms with E-state index in [0.717, 1.165) is 24.2 Å². The number of nitrogens with zero attached hydrogens (tertiary/aromatic N) is 2. The number of benzene rings is 2. The second-order valence-corrected chi connectivity index (χ2v) is 6.97. The molecule has 2 aliphatic heterocycles. The quantitative estimate of drug-likeness (QED) is 0.847. The Bertz CT molecular complexity index is 830. The highest BCUT2D eigenvalue weighted by Crippen LogP contribution is 2.30. The Balaban J connectivity index is 1.49. The summed E-state index contributed by atoms with van der Waals surface area (Å²) in [5.74, 6) is -0.0821. The summed E-state index contributed by atoms with van der Waals surface area (Å²) in [6.07, 6.45) is 1.20. The predicted molar refractivity (Wildman–Crippen MR) is 97.2 cm³/mol. The van der Waals surface area contributed by atoms with Gasteiger partial charge in [-0.25, -0.2) is 0 Å². The van der Waals surface area contributed by atoms with Gasteiger partial charge in [-0.3, -0.25) is 9.59 Å². The third-order valence-corrected chi connectivity index (χ3v) is 5.32. The van der Waals surface area contributed by atoms with E-state index < -0.39 is 0 Å². The lowest BCUT2D eigenvalue weighted by Gasteiger charge is -2.30. The number of fused-ring (bicyclic) bond motifs is 1. The zero-order chi connectivity index (χ0) is 17.4. The third-order valence-electron chi connectivity index (χ3n) is 5.32. The number of amides is 2. The Kier molecular flexibility index (Phi) is 4.04. The van der Waals surface area contributed by atoms with Crippen LogP contribution in [0.5, 0.6) is 0 Å². The maximum atomic E-state index is 13.0. The van der Waals surface area contributed by atoms with Gasteiger partial charge in [0.2, 0.25) is 11.8 Å². The fraction of sp³-hybridized carbons (Fsp3) is 0.333. The minimum atomic E-state index is -0.239. The van der Waals surface area contributed by atoms with Crippen LogP contribution >= 0.6 is 0 Å². The summed E-state index contributed by atoms with van der Waals surface area (Å²) in [4.78, 5) is 29.1. The molecular weight excluding hydrogens is 312 g/mol. The highest BCUT2D eigenvalue weighted by Gasteiger charge is 2.38. The van der Waals surface area contributed by atoms with Gasteiger partial charge < -0.3 is 9.80 Å². The molecule has 4 rings (SSSR count). The molecule has 0 N–H and O–H groups in total. The smallest absolute Gasteiger partial charge is 0.228 e. The highest BCUT2D eigenvalue weighted by molar-refractivity contribution is 6.00. The second kappa shape index (κ2) is 6.36. The van der Waals surface area contributed by atoms with Crippen LogP contribution in [0.2, 0.25) is 0 Å². The van der Waals surface area contributed by atoms with E-state index in [1.807, 2.05) is 48.2 Å². The summed E-state index contributed by atoms with van der Waals surface area (Å²) in [6.45, 7) is 3.88. The fourth-order valence-corrected chi connectivity index (χ4v) is 3.91. The number of hydrogen-bond donors (Lipinski definition) is 0. The molecule has 0 aliphatic carbocycles. The topological polar surface area (TPSA) is 40.6 Å². The van der Waals surface area contributed by atoms with Gasteiger partial charge in [-0.15, -0.1) is 0 Å². The van der Waals surface area contributed by atoms with Crippen LogP contribution in [0, 0.1) is 12.8 Å². The van der Waals surface area contributed by atoms with Crippen molar-refractivity contribution < 1.29 is 9.59 Å². The van der Waals surface area contributed by atoms with E-state index in [0.29, 0.717) is 19.5 Å². The van der Waals surface area contributed by atoms with Crippen LogP contribution in [0.3, 0.4) is 0 Å². The molecule has 2 amide bonds. The molecule has 1 saturated heterocycles. The Morgan fingerprint density at radius 2 is 1.76 bits per heavy atom. The molecule has 0 saturated carbocycles. The molecule has 0 aromatic heterocycles. The molecule has 4 heteroatoms. The maximum Gasteiger partial charge on any atom is 0.228 e. The van der Waals surface area contributed by atoms with Crippen molar-refractivity contribution in [2.75, 3.05) is 18.0 Å². The van der Waals surface area contributed by atoms with E-state index in [4.69, 9.17) is 0 Å². The van der Waals surface area contributed by atoms with Crippen molar-refractivity contribution in [3.05, 3.63) is 65.2 Å². The van der Waals surface area contributed by atoms with Crippen molar-refractivity contribution in [1.82, 2.24) is 4.90 Å². The van der Waals surface area contributed by atoms with E-state index in [1.54, 1.807) is 4.90 Å². The maximum absolute atomic E-state index is 13.0. The Labute approximate surface area is 148 Å². The van der Waals surface area contributed by atoms with E-state index in [1.165, 1.54) is 11.1 Å². The molecule has 2 aromatic carbocycles. The van der Waals surface area contributed by atoms with Crippen molar-refractivity contribution in [2.45, 2.75) is 26.3 Å². The van der Waals surface area contributed by atoms with Gasteiger partial charge in [0.1, 0.15) is 0 Å². The summed E-state index contributed by atoms with van der Waals surface area (Å²) in [7, 11) is 0. The fourth-order valence-electron chi connectivity index (χ4n) is 3.91. The number of para-hydroxylation sites is 1. The molecule has 2 aliphatic rings. The second-order valence-electron chi connectivity index (χ2n) is 6.97. The third kappa shape index (κ3) is 2.93. The minimum Gasteiger partial charge on any atom is -0.338 e. The molecule has 128 valence electrons. The van der Waals surface area contributed by atoms with Crippen LogP contribution in [0.15, 0.2) is 48.5 Å². The summed E-state index contributed by atoms with van der Waals surface area (Å²) < 4.78 is 0. The minimum absolute atomic E-state index is 0.0464. The first-order valence-electron chi connectivity index (χ1n) is 8.85. The van der Waals surface area contributed by atoms with E-state index >= 15 is 0 Å². The predicted octanol–water partition coefficient (Wildman–Crippen LogP) is 2.93. The Hall–Kier alpha value is -2.62. The normalized spacial score (nSPS) is 19.9. The Morgan fingerprint density at radius 1 is 1.04 bits per heavy atom. The van der Waals surface area contributed by atoms with Crippen molar-refractivity contribution in [3.63, 3.8) is 0 Å². The standard InChI is InChI=1S/C21H22N2O2/c1-15-6-2-5-9-19(15)23-14-18(12-20(23)24)21(25)22-11-10-16-7-3-4-8-17(16)13-22/h2-9,18H,10-14H2,1H3/t18-/m0/s1. The molecule has 1 fully saturated rings. The SMILES string of the molecule is Cc1ccccc1N1C[C@@H](C(=O)N2CCc3ccccc3C2)CC1=O. The van der Waals surface area contributed by atoms with Gasteiger partial charge in [-0.05, 0) is 36.1 Å². The number of rotatable bonds is 2. The molecule has 2 aromatic rings. The van der Waals surface area contributed by atoms with Crippen molar-refractivity contribution in [3.8, 4) is 0 Å². The summed E-state index contributed by atoms with van der Waals surface area (Å²) in [6, 6.07) is 16.2. The molecule has 25 heavy (non-hydrogen) atoms. The van der Waals surface area contributed by atoms with Crippen molar-refractivity contribution in [1.29, 1.82) is 0 Å². The largest absolute Gasteiger partial charge is 0.338 e. The van der Waals surface area contributed by atoms with Crippen LogP contribution in [-0.2, 0) is 22.6 Å². The monoisotopic (exact) mass is 334 g/mol. The van der Waals surface area contributed by atoms with Crippen molar-refractivity contribution in [2.24, 2.45) is 5.92 Å². The average molecular weight is 334 g/mol. The zero-order valence-corrected chi connectivity index (χ0v) is 14.4. The van der Waals surface area contributed by atoms with Gasteiger partial charge in [0.25, 0.3) is 0 Å². The van der Waals surface area contributed by atoms with Crippen LogP contribution in [0.25, 0.3) is 0 Å². The summed E-state index contributed by atoms with van der Waals surface area (Å²) >= 11 is 0. The number of anilines is 1. The number of carbonyl (C=O) groups is 2. The highest BCUT2D eigenvalue weighted by atomic mass is 16.2. The van der Waals surface area contributed by atoms with Crippen LogP contribution in [-0.4, -0.2) is 29.8 Å². The van der Waals surface area contributed by atoms with Crippen LogP contribution < -0.4 is 4.90 Å². The van der Waals surface area contributed by atoms with E-state index in [2.05, 4.69) is 12.1 Å². The molecule has 0 radical (unpaired) electrons. The zero-order valence-electron chi connectivity index (χ0n) is 14.4. The molecular formula is C21H22N2O2. The number of carbonyl (C=O) groups excluding carboxylic acids is 2. The van der Waals surface area contributed by atoms with E-state index in [-0.39, 0.29) is 17.7 Å². The van der Waals surface area contributed by atoms with E-state index in [9.17, 15) is 9.59 Å². The first kappa shape index (κ1) is 15.9. The summed E-state index contributed by atoms with van der Waals surface area (Å²) in [5, 5.41) is 0. The van der Waals surface area contributed by atoms with Crippen molar-refractivity contribution >= 4 is 17.5 Å². The van der Waals surface area contributed by atoms with Gasteiger partial charge in [0.15, 0.2) is 0 Å². The molecule has 2 heterocycles. The number of hydrogen-bond acceptors (Lipinski definition) is 2. The molecule has 1 atom stereocenters. The molecule has 4 nitrogen and oxygen atoms in total. The molecule has 0 unspecified atom stereocenters. The first-order valence-corrected chi connectivity index (χ1v) is 8.85. The molecule has 0 spiro atoms. The lowest BCUT2D eigenvalue weighted by Crippen LogP contribution is -2.40. The number of aryl methyl sites for hydroxylation is 1. The van der Waals surface area contributed by atoms with Gasteiger partial charge in [-0.2, -0.15) is 0 Å². The molecule has 0 bridgehead atoms. The van der Waals surface area contributed by atoms with Crippen LogP contribution in [0.4, 0.5) is 5.69 Å². The Morgan fingerprint density at radius 3 is 2.56 bits per heavy atom. The van der Waals surface area contributed by atoms with Gasteiger partial charge in [0.05, 0.1) is 5.92 Å². The van der Waals surface area contributed by atoms with Gasteiger partial charge >= 0.3 is 0 Å². The van der Waals surface area contributed by atoms with Gasteiger partial charge in [0, 0.05) is 31.7 Å².